The van der Waals surface area contributed by atoms with Crippen molar-refractivity contribution in [2.45, 2.75) is 42.2 Å². The first-order valence-electron chi connectivity index (χ1n) is 11.9. The number of ether oxygens (including phenoxy) is 1. The zero-order valence-electron chi connectivity index (χ0n) is 20.2. The van der Waals surface area contributed by atoms with Gasteiger partial charge in [0.15, 0.2) is 22.8 Å². The highest BCUT2D eigenvalue weighted by Gasteiger charge is 2.68. The SMILES string of the molecule is CCS[C@@H]1O[C@H](C(O)C(=O)c2ccccc2)C[C@@](O)(C(=O)c2ccccc2)[C@]1(O)C(=O)c1ccccc1. The predicted molar refractivity (Wildman–Crippen MR) is 140 cm³/mol. The van der Waals surface area contributed by atoms with E-state index in [1.807, 2.05) is 0 Å². The van der Waals surface area contributed by atoms with E-state index in [1.165, 1.54) is 36.4 Å². The van der Waals surface area contributed by atoms with Gasteiger partial charge in [-0.3, -0.25) is 14.4 Å². The molecule has 4 rings (SSSR count). The first kappa shape index (κ1) is 26.9. The van der Waals surface area contributed by atoms with Crippen molar-refractivity contribution in [3.8, 4) is 0 Å². The molecule has 8 heteroatoms. The molecule has 5 atom stereocenters. The largest absolute Gasteiger partial charge is 0.382 e. The molecule has 1 saturated heterocycles. The Morgan fingerprint density at radius 1 is 0.838 bits per heavy atom. The van der Waals surface area contributed by atoms with Crippen molar-refractivity contribution in [3.05, 3.63) is 108 Å². The van der Waals surface area contributed by atoms with Crippen LogP contribution in [-0.2, 0) is 4.74 Å². The van der Waals surface area contributed by atoms with Gasteiger partial charge in [0.25, 0.3) is 0 Å². The minimum atomic E-state index is -2.71. The number of hydrogen-bond donors (Lipinski definition) is 3. The molecule has 1 aliphatic rings. The summed E-state index contributed by atoms with van der Waals surface area (Å²) in [5.41, 5.74) is -6.52. The third kappa shape index (κ3) is 4.91. The lowest BCUT2D eigenvalue weighted by atomic mass is 9.68. The fourth-order valence-corrected chi connectivity index (χ4v) is 5.65. The molecule has 0 bridgehead atoms. The Morgan fingerprint density at radius 2 is 1.30 bits per heavy atom. The third-order valence-electron chi connectivity index (χ3n) is 6.56. The van der Waals surface area contributed by atoms with Gasteiger partial charge in [-0.05, 0) is 5.75 Å². The van der Waals surface area contributed by atoms with E-state index in [9.17, 15) is 29.7 Å². The van der Waals surface area contributed by atoms with Crippen LogP contribution in [0.15, 0.2) is 91.0 Å². The smallest absolute Gasteiger partial charge is 0.201 e. The number of carbonyl (C=O) groups excluding carboxylic acids is 3. The van der Waals surface area contributed by atoms with Crippen molar-refractivity contribution in [3.63, 3.8) is 0 Å². The second-order valence-electron chi connectivity index (χ2n) is 8.86. The summed E-state index contributed by atoms with van der Waals surface area (Å²) < 4.78 is 5.98. The zero-order chi connectivity index (χ0) is 26.6. The van der Waals surface area contributed by atoms with E-state index in [1.54, 1.807) is 61.5 Å². The van der Waals surface area contributed by atoms with Gasteiger partial charge in [0.1, 0.15) is 11.5 Å². The first-order valence-corrected chi connectivity index (χ1v) is 13.0. The average molecular weight is 521 g/mol. The fourth-order valence-electron chi connectivity index (χ4n) is 4.58. The lowest BCUT2D eigenvalue weighted by Crippen LogP contribution is -2.74. The number of Topliss-reactive ketones (excluding diaryl/α,β-unsaturated/α-hetero) is 3. The Bertz CT molecular complexity index is 1250. The van der Waals surface area contributed by atoms with Crippen molar-refractivity contribution in [2.75, 3.05) is 5.75 Å². The summed E-state index contributed by atoms with van der Waals surface area (Å²) in [6.07, 6.45) is -3.82. The normalized spacial score (nSPS) is 26.3. The van der Waals surface area contributed by atoms with Crippen molar-refractivity contribution in [1.29, 1.82) is 0 Å². The van der Waals surface area contributed by atoms with E-state index in [4.69, 9.17) is 4.74 Å². The van der Waals surface area contributed by atoms with Crippen LogP contribution in [0.5, 0.6) is 0 Å². The van der Waals surface area contributed by atoms with E-state index in [0.29, 0.717) is 5.75 Å². The molecule has 3 N–H and O–H groups in total. The summed E-state index contributed by atoms with van der Waals surface area (Å²) in [7, 11) is 0. The molecule has 0 amide bonds. The van der Waals surface area contributed by atoms with Gasteiger partial charge in [-0.1, -0.05) is 97.9 Å². The highest BCUT2D eigenvalue weighted by molar-refractivity contribution is 7.99. The van der Waals surface area contributed by atoms with E-state index in [-0.39, 0.29) is 16.7 Å². The van der Waals surface area contributed by atoms with E-state index >= 15 is 0 Å². The van der Waals surface area contributed by atoms with Crippen LogP contribution in [0.3, 0.4) is 0 Å². The molecule has 0 saturated carbocycles. The van der Waals surface area contributed by atoms with Gasteiger partial charge in [0, 0.05) is 23.1 Å². The quantitative estimate of drug-likeness (QED) is 0.368. The van der Waals surface area contributed by atoms with E-state index in [2.05, 4.69) is 0 Å². The molecule has 0 aliphatic carbocycles. The van der Waals surface area contributed by atoms with Crippen molar-refractivity contribution in [1.82, 2.24) is 0 Å². The number of aliphatic hydroxyl groups is 3. The van der Waals surface area contributed by atoms with Crippen molar-refractivity contribution in [2.24, 2.45) is 0 Å². The van der Waals surface area contributed by atoms with Crippen LogP contribution >= 0.6 is 11.8 Å². The number of rotatable bonds is 9. The minimum absolute atomic E-state index is 0.0639. The van der Waals surface area contributed by atoms with E-state index < -0.39 is 52.6 Å². The summed E-state index contributed by atoms with van der Waals surface area (Å²) >= 11 is 0.998. The molecule has 0 aromatic heterocycles. The Kier molecular flexibility index (Phi) is 8.06. The topological polar surface area (TPSA) is 121 Å². The molecule has 3 aromatic carbocycles. The summed E-state index contributed by atoms with van der Waals surface area (Å²) in [4.78, 5) is 40.7. The number of carbonyl (C=O) groups is 3. The summed E-state index contributed by atoms with van der Waals surface area (Å²) in [6, 6.07) is 23.7. The maximum atomic E-state index is 13.8. The number of ketones is 3. The van der Waals surface area contributed by atoms with Crippen LogP contribution in [0.1, 0.15) is 44.4 Å². The molecular weight excluding hydrogens is 492 g/mol. The van der Waals surface area contributed by atoms with Gasteiger partial charge in [-0.15, -0.1) is 11.8 Å². The molecule has 1 heterocycles. The van der Waals surface area contributed by atoms with Crippen LogP contribution in [0, 0.1) is 0 Å². The number of hydrogen-bond acceptors (Lipinski definition) is 8. The van der Waals surface area contributed by atoms with Crippen LogP contribution in [0.4, 0.5) is 0 Å². The molecule has 0 radical (unpaired) electrons. The summed E-state index contributed by atoms with van der Waals surface area (Å²) in [5, 5.41) is 35.2. The average Bonchev–Trinajstić information content (AvgIpc) is 2.95. The van der Waals surface area contributed by atoms with Gasteiger partial charge in [0.05, 0.1) is 6.10 Å². The molecular formula is C29H28O7S. The number of benzene rings is 3. The summed E-state index contributed by atoms with van der Waals surface area (Å²) in [5.74, 6) is -2.12. The van der Waals surface area contributed by atoms with Crippen LogP contribution in [-0.4, -0.2) is 67.3 Å². The number of thioether (sulfide) groups is 1. The maximum Gasteiger partial charge on any atom is 0.201 e. The highest BCUT2D eigenvalue weighted by atomic mass is 32.2. The molecule has 0 spiro atoms. The standard InChI is InChI=1S/C29H28O7S/c1-2-37-27-29(35,26(33)21-16-10-5-11-17-21)28(34,25(32)20-14-8-4-9-15-20)18-22(36-27)24(31)23(30)19-12-6-3-7-13-19/h3-17,22,24,27,31,34-35H,2,18H2,1H3/t22-,24?,27-,28+,29-/m0/s1. The van der Waals surface area contributed by atoms with Gasteiger partial charge in [0.2, 0.25) is 5.78 Å². The van der Waals surface area contributed by atoms with Gasteiger partial charge < -0.3 is 20.1 Å². The molecule has 1 fully saturated rings. The Labute approximate surface area is 219 Å². The Hall–Kier alpha value is -3.14. The second-order valence-corrected chi connectivity index (χ2v) is 10.2. The van der Waals surface area contributed by atoms with E-state index in [0.717, 1.165) is 11.8 Å². The van der Waals surface area contributed by atoms with Crippen molar-refractivity contribution >= 4 is 29.1 Å². The second kappa shape index (κ2) is 11.1. The Morgan fingerprint density at radius 3 is 1.78 bits per heavy atom. The summed E-state index contributed by atoms with van der Waals surface area (Å²) in [6.45, 7) is 1.76. The van der Waals surface area contributed by atoms with Gasteiger partial charge >= 0.3 is 0 Å². The molecule has 3 aromatic rings. The maximum absolute atomic E-state index is 13.8. The van der Waals surface area contributed by atoms with Crippen LogP contribution < -0.4 is 0 Å². The first-order chi connectivity index (χ1) is 17.7. The lowest BCUT2D eigenvalue weighted by molar-refractivity contribution is -0.216. The Balaban J connectivity index is 1.83. The van der Waals surface area contributed by atoms with Crippen molar-refractivity contribution < 1.29 is 34.4 Å². The minimum Gasteiger partial charge on any atom is -0.382 e. The molecule has 1 unspecified atom stereocenters. The molecule has 192 valence electrons. The molecule has 37 heavy (non-hydrogen) atoms. The van der Waals surface area contributed by atoms with Crippen LogP contribution in [0.25, 0.3) is 0 Å². The predicted octanol–water partition coefficient (Wildman–Crippen LogP) is 3.33. The molecule has 7 nitrogen and oxygen atoms in total. The fraction of sp³-hybridized carbons (Fsp3) is 0.276. The monoisotopic (exact) mass is 520 g/mol. The number of aliphatic hydroxyl groups excluding tert-OH is 1. The lowest BCUT2D eigenvalue weighted by Gasteiger charge is -2.51. The highest BCUT2D eigenvalue weighted by Crippen LogP contribution is 2.46. The van der Waals surface area contributed by atoms with Crippen LogP contribution in [0.2, 0.25) is 0 Å². The van der Waals surface area contributed by atoms with Gasteiger partial charge in [-0.25, -0.2) is 0 Å². The third-order valence-corrected chi connectivity index (χ3v) is 7.65. The zero-order valence-corrected chi connectivity index (χ0v) is 21.0. The van der Waals surface area contributed by atoms with Gasteiger partial charge in [-0.2, -0.15) is 0 Å². The molecule has 1 aliphatic heterocycles.